The van der Waals surface area contributed by atoms with Crippen molar-refractivity contribution in [1.29, 1.82) is 0 Å². The SMILES string of the molecule is CC/C=C/C=C/C=C/CCCCCCCC(=O)OC(COC(=O)CCCCCCCC/C=C/C/C=C/C/C=C/C/C=C/CC)CO[C@H]1O[C@H](CS(=O)(=O)O)[C@@H](O)C(O)C1O. The normalized spacial score (nSPS) is 20.9. The topological polar surface area (TPSA) is 186 Å². The summed E-state index contributed by atoms with van der Waals surface area (Å²) in [5.74, 6) is -2.04. The molecule has 1 heterocycles. The van der Waals surface area contributed by atoms with Crippen LogP contribution in [0.3, 0.4) is 0 Å². The van der Waals surface area contributed by atoms with E-state index in [2.05, 4.69) is 74.6 Å². The van der Waals surface area contributed by atoms with E-state index in [9.17, 15) is 37.9 Å². The summed E-state index contributed by atoms with van der Waals surface area (Å²) in [5.41, 5.74) is 0. The number of carbonyl (C=O) groups is 2. The summed E-state index contributed by atoms with van der Waals surface area (Å²) >= 11 is 0. The zero-order valence-electron chi connectivity index (χ0n) is 36.3. The van der Waals surface area contributed by atoms with Crippen molar-refractivity contribution in [3.63, 3.8) is 0 Å². The molecule has 1 saturated heterocycles. The monoisotopic (exact) mass is 865 g/mol. The van der Waals surface area contributed by atoms with Crippen LogP contribution < -0.4 is 0 Å². The van der Waals surface area contributed by atoms with Gasteiger partial charge in [-0.25, -0.2) is 0 Å². The van der Waals surface area contributed by atoms with Gasteiger partial charge in [0.15, 0.2) is 12.4 Å². The van der Waals surface area contributed by atoms with Crippen molar-refractivity contribution in [3.05, 3.63) is 85.1 Å². The lowest BCUT2D eigenvalue weighted by atomic mass is 10.00. The van der Waals surface area contributed by atoms with Gasteiger partial charge in [-0.2, -0.15) is 8.42 Å². The zero-order chi connectivity index (χ0) is 44.1. The molecule has 1 aliphatic heterocycles. The minimum atomic E-state index is -4.61. The molecule has 0 aromatic rings. The number of carbonyl (C=O) groups excluding carboxylic acids is 2. The van der Waals surface area contributed by atoms with Gasteiger partial charge >= 0.3 is 11.9 Å². The van der Waals surface area contributed by atoms with Crippen LogP contribution in [-0.4, -0.2) is 96.0 Å². The Hall–Kier alpha value is -3.17. The zero-order valence-corrected chi connectivity index (χ0v) is 37.1. The minimum absolute atomic E-state index is 0.133. The highest BCUT2D eigenvalue weighted by molar-refractivity contribution is 7.85. The van der Waals surface area contributed by atoms with Crippen LogP contribution in [-0.2, 0) is 38.7 Å². The second kappa shape index (κ2) is 36.5. The Morgan fingerprint density at radius 2 is 1.08 bits per heavy atom. The number of hydrogen-bond donors (Lipinski definition) is 4. The highest BCUT2D eigenvalue weighted by atomic mass is 32.2. The average molecular weight is 865 g/mol. The van der Waals surface area contributed by atoms with Gasteiger partial charge in [0.2, 0.25) is 0 Å². The van der Waals surface area contributed by atoms with Gasteiger partial charge in [0.25, 0.3) is 10.1 Å². The molecule has 1 rings (SSSR count). The van der Waals surface area contributed by atoms with Gasteiger partial charge in [-0.05, 0) is 70.6 Å². The first kappa shape index (κ1) is 54.8. The van der Waals surface area contributed by atoms with Crippen LogP contribution in [0.1, 0.15) is 142 Å². The molecule has 0 amide bonds. The molecular weight excluding hydrogens is 789 g/mol. The Bertz CT molecular complexity index is 1430. The van der Waals surface area contributed by atoms with Gasteiger partial charge in [0.1, 0.15) is 36.8 Å². The fraction of sp³-hybridized carbons (Fsp3) is 0.660. The predicted octanol–water partition coefficient (Wildman–Crippen LogP) is 8.89. The van der Waals surface area contributed by atoms with Gasteiger partial charge < -0.3 is 34.3 Å². The Morgan fingerprint density at radius 1 is 0.583 bits per heavy atom. The largest absolute Gasteiger partial charge is 0.462 e. The van der Waals surface area contributed by atoms with E-state index in [1.807, 2.05) is 24.3 Å². The molecule has 1 fully saturated rings. The summed E-state index contributed by atoms with van der Waals surface area (Å²) in [6, 6.07) is 0. The molecule has 4 N–H and O–H groups in total. The van der Waals surface area contributed by atoms with Crippen LogP contribution in [0.5, 0.6) is 0 Å². The van der Waals surface area contributed by atoms with E-state index in [1.165, 1.54) is 0 Å². The van der Waals surface area contributed by atoms with Crippen molar-refractivity contribution >= 4 is 22.1 Å². The molecule has 13 heteroatoms. The van der Waals surface area contributed by atoms with Crippen molar-refractivity contribution in [1.82, 2.24) is 0 Å². The number of ether oxygens (including phenoxy) is 4. The fourth-order valence-electron chi connectivity index (χ4n) is 6.14. The number of aliphatic hydroxyl groups is 3. The van der Waals surface area contributed by atoms with Crippen molar-refractivity contribution in [2.75, 3.05) is 19.0 Å². The van der Waals surface area contributed by atoms with Crippen LogP contribution >= 0.6 is 0 Å². The molecule has 3 unspecified atom stereocenters. The molecule has 6 atom stereocenters. The van der Waals surface area contributed by atoms with Crippen LogP contribution in [0.4, 0.5) is 0 Å². The molecule has 0 aromatic heterocycles. The number of hydrogen-bond acceptors (Lipinski definition) is 11. The first-order valence-corrected chi connectivity index (χ1v) is 23.8. The second-order valence-corrected chi connectivity index (χ2v) is 16.5. The van der Waals surface area contributed by atoms with Gasteiger partial charge in [0.05, 0.1) is 6.61 Å². The fourth-order valence-corrected chi connectivity index (χ4v) is 6.83. The Labute approximate surface area is 360 Å². The second-order valence-electron chi connectivity index (χ2n) is 15.0. The smallest absolute Gasteiger partial charge is 0.306 e. The average Bonchev–Trinajstić information content (AvgIpc) is 3.21. The number of rotatable bonds is 35. The maximum absolute atomic E-state index is 12.8. The molecule has 342 valence electrons. The molecule has 1 aliphatic rings. The van der Waals surface area contributed by atoms with Crippen molar-refractivity contribution in [3.8, 4) is 0 Å². The van der Waals surface area contributed by atoms with Crippen LogP contribution in [0.25, 0.3) is 0 Å². The maximum Gasteiger partial charge on any atom is 0.306 e. The number of esters is 2. The van der Waals surface area contributed by atoms with Crippen LogP contribution in [0.2, 0.25) is 0 Å². The molecule has 0 aromatic carbocycles. The highest BCUT2D eigenvalue weighted by Crippen LogP contribution is 2.24. The maximum atomic E-state index is 12.8. The molecule has 0 radical (unpaired) electrons. The third-order valence-corrected chi connectivity index (χ3v) is 10.3. The summed E-state index contributed by atoms with van der Waals surface area (Å²) in [6.07, 6.45) is 37.7. The Kier molecular flexibility index (Phi) is 33.3. The molecule has 0 spiro atoms. The predicted molar refractivity (Wildman–Crippen MR) is 238 cm³/mol. The lowest BCUT2D eigenvalue weighted by Crippen LogP contribution is -2.60. The van der Waals surface area contributed by atoms with E-state index in [1.54, 1.807) is 0 Å². The Balaban J connectivity index is 2.46. The third kappa shape index (κ3) is 30.8. The van der Waals surface area contributed by atoms with Gasteiger partial charge in [0, 0.05) is 12.8 Å². The lowest BCUT2D eigenvalue weighted by molar-refractivity contribution is -0.297. The van der Waals surface area contributed by atoms with Crippen molar-refractivity contribution in [2.45, 2.75) is 179 Å². The van der Waals surface area contributed by atoms with Gasteiger partial charge in [-0.15, -0.1) is 0 Å². The molecular formula is C47H76O12S. The minimum Gasteiger partial charge on any atom is -0.462 e. The summed E-state index contributed by atoms with van der Waals surface area (Å²) in [7, 11) is -4.61. The first-order valence-electron chi connectivity index (χ1n) is 22.2. The lowest BCUT2D eigenvalue weighted by Gasteiger charge is -2.40. The van der Waals surface area contributed by atoms with E-state index in [0.717, 1.165) is 103 Å². The van der Waals surface area contributed by atoms with E-state index >= 15 is 0 Å². The Morgan fingerprint density at radius 3 is 1.67 bits per heavy atom. The van der Waals surface area contributed by atoms with E-state index < -0.39 is 71.2 Å². The molecule has 0 bridgehead atoms. The highest BCUT2D eigenvalue weighted by Gasteiger charge is 2.46. The first-order chi connectivity index (χ1) is 29.0. The summed E-state index contributed by atoms with van der Waals surface area (Å²) < 4.78 is 54.0. The summed E-state index contributed by atoms with van der Waals surface area (Å²) in [4.78, 5) is 25.4. The van der Waals surface area contributed by atoms with Gasteiger partial charge in [-0.3, -0.25) is 14.1 Å². The number of aliphatic hydroxyl groups excluding tert-OH is 3. The van der Waals surface area contributed by atoms with Gasteiger partial charge in [-0.1, -0.05) is 144 Å². The summed E-state index contributed by atoms with van der Waals surface area (Å²) in [5, 5.41) is 30.9. The van der Waals surface area contributed by atoms with E-state index in [-0.39, 0.29) is 19.4 Å². The van der Waals surface area contributed by atoms with Crippen molar-refractivity contribution in [2.24, 2.45) is 0 Å². The van der Waals surface area contributed by atoms with E-state index in [0.29, 0.717) is 12.8 Å². The number of allylic oxidation sites excluding steroid dienone is 14. The van der Waals surface area contributed by atoms with Crippen LogP contribution in [0, 0.1) is 0 Å². The van der Waals surface area contributed by atoms with Crippen molar-refractivity contribution < 1.29 is 56.8 Å². The quantitative estimate of drug-likeness (QED) is 0.0156. The van der Waals surface area contributed by atoms with Crippen LogP contribution in [0.15, 0.2) is 85.1 Å². The standard InChI is InChI=1S/C47H76O12S/c1-3-5-7-9-11-13-15-17-18-19-20-21-22-24-25-27-29-31-33-35-42(48)56-37-40(38-57-47-46(52)45(51)44(50)41(59-47)39-60(53,54)55)58-43(49)36-34-32-30-28-26-23-16-14-12-10-8-6-4-2/h5-8,10-14,16-18,20-21,40-41,44-47,50-52H,3-4,9,15,19,22-39H2,1-2H3,(H,53,54,55)/b7-5+,8-6+,12-10+,13-11+,16-14+,18-17+,21-20+/t40?,41-,44-,45?,46?,47+/m1/s1. The van der Waals surface area contributed by atoms with E-state index in [4.69, 9.17) is 18.9 Å². The molecule has 60 heavy (non-hydrogen) atoms. The molecule has 12 nitrogen and oxygen atoms in total. The molecule has 0 aliphatic carbocycles. The molecule has 0 saturated carbocycles. The third-order valence-electron chi connectivity index (χ3n) is 9.53. The summed E-state index contributed by atoms with van der Waals surface area (Å²) in [6.45, 7) is 3.46. The number of unbranched alkanes of at least 4 members (excludes halogenated alkanes) is 11.